The van der Waals surface area contributed by atoms with E-state index in [1.807, 2.05) is 57.2 Å². The fraction of sp³-hybridized carbons (Fsp3) is 0.158. The molecule has 130 valence electrons. The summed E-state index contributed by atoms with van der Waals surface area (Å²) in [5.74, 6) is 1.08. The van der Waals surface area contributed by atoms with Crippen molar-refractivity contribution in [2.24, 2.45) is 0 Å². The van der Waals surface area contributed by atoms with Gasteiger partial charge in [-0.05, 0) is 39.0 Å². The Balaban J connectivity index is 1.80. The van der Waals surface area contributed by atoms with Crippen LogP contribution in [0, 0.1) is 20.8 Å². The summed E-state index contributed by atoms with van der Waals surface area (Å²) in [6.07, 6.45) is 1.48. The van der Waals surface area contributed by atoms with Crippen molar-refractivity contribution in [2.75, 3.05) is 11.1 Å². The third-order valence-corrected chi connectivity index (χ3v) is 4.19. The first-order chi connectivity index (χ1) is 12.5. The molecular formula is C19H19N7. The second-order valence-corrected chi connectivity index (χ2v) is 6.25. The zero-order valence-electron chi connectivity index (χ0n) is 14.9. The molecule has 0 saturated carbocycles. The first kappa shape index (κ1) is 16.0. The molecule has 0 atom stereocenters. The van der Waals surface area contributed by atoms with E-state index in [9.17, 15) is 0 Å². The second kappa shape index (κ2) is 6.11. The van der Waals surface area contributed by atoms with Gasteiger partial charge >= 0.3 is 0 Å². The minimum atomic E-state index is 0.434. The van der Waals surface area contributed by atoms with Crippen molar-refractivity contribution in [1.82, 2.24) is 24.7 Å². The van der Waals surface area contributed by atoms with Gasteiger partial charge in [-0.25, -0.2) is 14.6 Å². The molecule has 7 heteroatoms. The van der Waals surface area contributed by atoms with Gasteiger partial charge in [0.15, 0.2) is 11.6 Å². The fourth-order valence-electron chi connectivity index (χ4n) is 2.97. The standard InChI is InChI=1S/C19H19N7/c1-11-7-8-14-5-4-6-15(17(14)23-11)24-18-16(20)19(22-10-21-18)26-13(3)9-12(2)25-26/h4-10H,20H2,1-3H3,(H,21,22,24). The van der Waals surface area contributed by atoms with E-state index < -0.39 is 0 Å². The normalized spacial score (nSPS) is 11.0. The third kappa shape index (κ3) is 2.73. The van der Waals surface area contributed by atoms with Crippen molar-refractivity contribution in [3.63, 3.8) is 0 Å². The van der Waals surface area contributed by atoms with Crippen LogP contribution in [0.15, 0.2) is 42.7 Å². The summed E-state index contributed by atoms with van der Waals surface area (Å²) in [6, 6.07) is 12.0. The zero-order valence-corrected chi connectivity index (χ0v) is 14.9. The largest absolute Gasteiger partial charge is 0.393 e. The molecule has 0 fully saturated rings. The van der Waals surface area contributed by atoms with Crippen molar-refractivity contribution in [1.29, 1.82) is 0 Å². The van der Waals surface area contributed by atoms with Crippen LogP contribution >= 0.6 is 0 Å². The van der Waals surface area contributed by atoms with Gasteiger partial charge in [0.1, 0.15) is 12.0 Å². The van der Waals surface area contributed by atoms with Crippen molar-refractivity contribution in [2.45, 2.75) is 20.8 Å². The Labute approximate surface area is 150 Å². The van der Waals surface area contributed by atoms with Crippen LogP contribution < -0.4 is 11.1 Å². The number of hydrogen-bond acceptors (Lipinski definition) is 6. The van der Waals surface area contributed by atoms with E-state index in [2.05, 4.69) is 25.4 Å². The molecule has 3 N–H and O–H groups in total. The maximum atomic E-state index is 6.35. The average Bonchev–Trinajstić information content (AvgIpc) is 2.95. The predicted molar refractivity (Wildman–Crippen MR) is 103 cm³/mol. The summed E-state index contributed by atoms with van der Waals surface area (Å²) >= 11 is 0. The van der Waals surface area contributed by atoms with E-state index in [1.165, 1.54) is 6.33 Å². The molecule has 26 heavy (non-hydrogen) atoms. The van der Waals surface area contributed by atoms with Crippen LogP contribution in [0.3, 0.4) is 0 Å². The lowest BCUT2D eigenvalue weighted by Crippen LogP contribution is -2.10. The highest BCUT2D eigenvalue weighted by Gasteiger charge is 2.14. The van der Waals surface area contributed by atoms with Crippen molar-refractivity contribution >= 4 is 28.1 Å². The molecule has 4 aromatic rings. The Morgan fingerprint density at radius 2 is 1.85 bits per heavy atom. The molecule has 0 spiro atoms. The molecule has 0 amide bonds. The number of benzene rings is 1. The van der Waals surface area contributed by atoms with E-state index in [-0.39, 0.29) is 0 Å². The number of aromatic nitrogens is 5. The number of pyridine rings is 1. The highest BCUT2D eigenvalue weighted by molar-refractivity contribution is 5.93. The number of nitrogens with two attached hydrogens (primary N) is 1. The first-order valence-electron chi connectivity index (χ1n) is 8.30. The molecule has 0 saturated heterocycles. The van der Waals surface area contributed by atoms with Gasteiger partial charge in [-0.3, -0.25) is 4.98 Å². The predicted octanol–water partition coefficient (Wildman–Crippen LogP) is 3.46. The van der Waals surface area contributed by atoms with E-state index in [4.69, 9.17) is 5.73 Å². The molecule has 3 aromatic heterocycles. The number of rotatable bonds is 3. The number of nitrogen functional groups attached to an aromatic ring is 1. The van der Waals surface area contributed by atoms with Gasteiger partial charge in [0.25, 0.3) is 0 Å². The van der Waals surface area contributed by atoms with Gasteiger partial charge < -0.3 is 11.1 Å². The number of fused-ring (bicyclic) bond motifs is 1. The highest BCUT2D eigenvalue weighted by atomic mass is 15.3. The Kier molecular flexibility index (Phi) is 3.76. The summed E-state index contributed by atoms with van der Waals surface area (Å²) < 4.78 is 1.73. The Morgan fingerprint density at radius 1 is 1.00 bits per heavy atom. The van der Waals surface area contributed by atoms with Gasteiger partial charge in [-0.15, -0.1) is 0 Å². The van der Waals surface area contributed by atoms with Gasteiger partial charge in [0.05, 0.1) is 16.9 Å². The molecular weight excluding hydrogens is 326 g/mol. The van der Waals surface area contributed by atoms with Crippen molar-refractivity contribution in [3.05, 3.63) is 59.8 Å². The smallest absolute Gasteiger partial charge is 0.182 e. The number of anilines is 3. The van der Waals surface area contributed by atoms with Gasteiger partial charge in [0.2, 0.25) is 0 Å². The van der Waals surface area contributed by atoms with E-state index in [0.29, 0.717) is 17.3 Å². The van der Waals surface area contributed by atoms with E-state index in [0.717, 1.165) is 33.7 Å². The maximum Gasteiger partial charge on any atom is 0.182 e. The summed E-state index contributed by atoms with van der Waals surface area (Å²) in [5, 5.41) is 8.80. The summed E-state index contributed by atoms with van der Waals surface area (Å²) in [5.41, 5.74) is 11.3. The third-order valence-electron chi connectivity index (χ3n) is 4.19. The van der Waals surface area contributed by atoms with Crippen LogP contribution in [0.4, 0.5) is 17.2 Å². The van der Waals surface area contributed by atoms with Crippen LogP contribution in [0.1, 0.15) is 17.1 Å². The van der Waals surface area contributed by atoms with Crippen molar-refractivity contribution in [3.8, 4) is 5.82 Å². The number of nitrogens with one attached hydrogen (secondary N) is 1. The maximum absolute atomic E-state index is 6.35. The summed E-state index contributed by atoms with van der Waals surface area (Å²) in [7, 11) is 0. The molecule has 0 bridgehead atoms. The topological polar surface area (TPSA) is 94.5 Å². The van der Waals surface area contributed by atoms with Crippen LogP contribution in [-0.4, -0.2) is 24.7 Å². The summed E-state index contributed by atoms with van der Waals surface area (Å²) in [6.45, 7) is 5.87. The molecule has 4 rings (SSSR count). The Bertz CT molecular complexity index is 1110. The fourth-order valence-corrected chi connectivity index (χ4v) is 2.97. The van der Waals surface area contributed by atoms with Crippen LogP contribution in [0.25, 0.3) is 16.7 Å². The Morgan fingerprint density at radius 3 is 2.62 bits per heavy atom. The molecule has 7 nitrogen and oxygen atoms in total. The molecule has 0 aliphatic rings. The molecule has 1 aromatic carbocycles. The molecule has 3 heterocycles. The quantitative estimate of drug-likeness (QED) is 0.590. The lowest BCUT2D eigenvalue weighted by molar-refractivity contribution is 0.804. The SMILES string of the molecule is Cc1ccc2cccc(Nc3ncnc(-n4nc(C)cc4C)c3N)c2n1. The van der Waals surface area contributed by atoms with E-state index >= 15 is 0 Å². The number of hydrogen-bond donors (Lipinski definition) is 2. The number of aryl methyl sites for hydroxylation is 3. The molecule has 0 radical (unpaired) electrons. The molecule has 0 aliphatic carbocycles. The van der Waals surface area contributed by atoms with Gasteiger partial charge in [-0.1, -0.05) is 18.2 Å². The average molecular weight is 345 g/mol. The minimum absolute atomic E-state index is 0.434. The monoisotopic (exact) mass is 345 g/mol. The van der Waals surface area contributed by atoms with Crippen LogP contribution in [0.5, 0.6) is 0 Å². The zero-order chi connectivity index (χ0) is 18.3. The summed E-state index contributed by atoms with van der Waals surface area (Å²) in [4.78, 5) is 13.3. The van der Waals surface area contributed by atoms with E-state index in [1.54, 1.807) is 4.68 Å². The first-order valence-corrected chi connectivity index (χ1v) is 8.30. The second-order valence-electron chi connectivity index (χ2n) is 6.25. The van der Waals surface area contributed by atoms with Crippen molar-refractivity contribution < 1.29 is 0 Å². The van der Waals surface area contributed by atoms with Gasteiger partial charge in [-0.2, -0.15) is 5.10 Å². The number of para-hydroxylation sites is 1. The van der Waals surface area contributed by atoms with Crippen LogP contribution in [0.2, 0.25) is 0 Å². The Hall–Kier alpha value is -3.48. The van der Waals surface area contributed by atoms with Gasteiger partial charge in [0, 0.05) is 16.8 Å². The number of nitrogens with zero attached hydrogens (tertiary/aromatic N) is 5. The molecule has 0 unspecified atom stereocenters. The van der Waals surface area contributed by atoms with Crippen LogP contribution in [-0.2, 0) is 0 Å². The lowest BCUT2D eigenvalue weighted by Gasteiger charge is -2.13. The lowest BCUT2D eigenvalue weighted by atomic mass is 10.1. The highest BCUT2D eigenvalue weighted by Crippen LogP contribution is 2.29. The minimum Gasteiger partial charge on any atom is -0.393 e. The molecule has 0 aliphatic heterocycles.